The first-order valence-electron chi connectivity index (χ1n) is 13.0. The molecular weight excluding hydrogens is 576 g/mol. The van der Waals surface area contributed by atoms with E-state index in [-0.39, 0.29) is 41.3 Å². The highest BCUT2D eigenvalue weighted by Crippen LogP contribution is 2.59. The zero-order valence-electron chi connectivity index (χ0n) is 22.5. The van der Waals surface area contributed by atoms with Gasteiger partial charge in [-0.25, -0.2) is 19.9 Å². The number of aromatic nitrogens is 6. The number of anilines is 1. The Kier molecular flexibility index (Phi) is 6.25. The zero-order valence-corrected chi connectivity index (χ0v) is 24.1. The monoisotopic (exact) mass is 602 g/mol. The first-order chi connectivity index (χ1) is 19.0. The average Bonchev–Trinajstić information content (AvgIpc) is 3.28. The number of piperidine rings is 1. The van der Waals surface area contributed by atoms with E-state index in [0.717, 1.165) is 12.0 Å². The Morgan fingerprint density at radius 1 is 1.07 bits per heavy atom. The molecule has 5 heterocycles. The number of hydrogen-bond acceptors (Lipinski definition) is 8. The van der Waals surface area contributed by atoms with Gasteiger partial charge in [0.2, 0.25) is 11.8 Å². The number of halogens is 1. The third-order valence-corrected chi connectivity index (χ3v) is 8.26. The number of amides is 2. The number of nitrogens with zero attached hydrogens (tertiary/aromatic N) is 7. The number of carbonyl (C=O) groups excluding carboxylic acids is 3. The molecule has 0 radical (unpaired) electrons. The minimum Gasteiger partial charge on any atom is -0.325 e. The van der Waals surface area contributed by atoms with Crippen molar-refractivity contribution in [2.75, 3.05) is 5.32 Å². The van der Waals surface area contributed by atoms with Gasteiger partial charge in [0.05, 0.1) is 11.2 Å². The van der Waals surface area contributed by atoms with Crippen LogP contribution < -0.4 is 5.32 Å². The summed E-state index contributed by atoms with van der Waals surface area (Å²) in [4.78, 5) is 58.8. The summed E-state index contributed by atoms with van der Waals surface area (Å²) in [7, 11) is 0. The summed E-state index contributed by atoms with van der Waals surface area (Å²) in [5, 5.41) is 7.39. The van der Waals surface area contributed by atoms with Crippen LogP contribution in [0.1, 0.15) is 48.6 Å². The molecule has 204 valence electrons. The average molecular weight is 603 g/mol. The van der Waals surface area contributed by atoms with Crippen LogP contribution in [0.2, 0.25) is 0 Å². The third kappa shape index (κ3) is 4.55. The maximum atomic E-state index is 13.8. The van der Waals surface area contributed by atoms with Crippen molar-refractivity contribution in [2.45, 2.75) is 59.2 Å². The number of carbonyl (C=O) groups is 3. The second kappa shape index (κ2) is 9.54. The van der Waals surface area contributed by atoms with Gasteiger partial charge >= 0.3 is 0 Å². The molecule has 11 nitrogen and oxygen atoms in total. The molecule has 4 aromatic heterocycles. The summed E-state index contributed by atoms with van der Waals surface area (Å²) in [5.41, 5.74) is 3.18. The normalized spacial score (nSPS) is 21.4. The molecule has 0 bridgehead atoms. The SMILES string of the molecule is CC(=O)c1nn(CC(=O)N2[C@H](C(=O)Nc3nc(Br)ccc3C)C[C@@]3(C)C[C@@H]23)c2ccc(-c3cnc(C)nc3)nc12. The van der Waals surface area contributed by atoms with Gasteiger partial charge in [-0.1, -0.05) is 13.0 Å². The highest BCUT2D eigenvalue weighted by atomic mass is 79.9. The number of likely N-dealkylation sites (tertiary alicyclic amines) is 1. The van der Waals surface area contributed by atoms with E-state index in [4.69, 9.17) is 0 Å². The highest BCUT2D eigenvalue weighted by molar-refractivity contribution is 9.10. The predicted octanol–water partition coefficient (Wildman–Crippen LogP) is 3.88. The van der Waals surface area contributed by atoms with Gasteiger partial charge in [0.1, 0.15) is 34.3 Å². The first kappa shape index (κ1) is 26.2. The van der Waals surface area contributed by atoms with Crippen molar-refractivity contribution in [3.8, 4) is 11.3 Å². The quantitative estimate of drug-likeness (QED) is 0.259. The molecule has 1 saturated heterocycles. The zero-order chi connectivity index (χ0) is 28.3. The lowest BCUT2D eigenvalue weighted by Gasteiger charge is -2.27. The standard InChI is InChI=1S/C28H27BrN8O3/c1-14-5-8-22(29)33-26(14)34-27(40)20-9-28(4)10-21(28)37(20)23(39)13-36-19-7-6-18(17-11-30-16(3)31-12-17)32-25(19)24(35-36)15(2)38/h5-8,11-12,20-21H,9-10,13H2,1-4H3,(H,33,34,40)/t20-,21+,28-/m0/s1. The maximum Gasteiger partial charge on any atom is 0.248 e. The molecule has 4 aromatic rings. The van der Waals surface area contributed by atoms with Crippen LogP contribution in [0.3, 0.4) is 0 Å². The Bertz CT molecular complexity index is 1700. The Hall–Kier alpha value is -4.06. The fraction of sp³-hybridized carbons (Fsp3) is 0.357. The minimum atomic E-state index is -0.628. The molecule has 0 unspecified atom stereocenters. The van der Waals surface area contributed by atoms with Crippen molar-refractivity contribution in [3.05, 3.63) is 58.3 Å². The molecular formula is C28H27BrN8O3. The van der Waals surface area contributed by atoms with Gasteiger partial charge in [0, 0.05) is 30.9 Å². The summed E-state index contributed by atoms with van der Waals surface area (Å²) >= 11 is 3.35. The number of nitrogens with one attached hydrogen (secondary N) is 1. The second-order valence-corrected chi connectivity index (χ2v) is 11.6. The molecule has 0 spiro atoms. The van der Waals surface area contributed by atoms with Crippen LogP contribution >= 0.6 is 15.9 Å². The summed E-state index contributed by atoms with van der Waals surface area (Å²) < 4.78 is 2.12. The second-order valence-electron chi connectivity index (χ2n) is 10.8. The van der Waals surface area contributed by atoms with Crippen LogP contribution in [0.15, 0.2) is 41.3 Å². The van der Waals surface area contributed by atoms with Crippen molar-refractivity contribution in [2.24, 2.45) is 5.41 Å². The summed E-state index contributed by atoms with van der Waals surface area (Å²) in [6, 6.07) is 6.61. The molecule has 2 fully saturated rings. The van der Waals surface area contributed by atoms with Crippen molar-refractivity contribution in [3.63, 3.8) is 0 Å². The van der Waals surface area contributed by atoms with E-state index in [1.165, 1.54) is 11.6 Å². The maximum absolute atomic E-state index is 13.8. The number of ketones is 1. The topological polar surface area (TPSA) is 136 Å². The molecule has 0 aromatic carbocycles. The number of aryl methyl sites for hydroxylation is 2. The summed E-state index contributed by atoms with van der Waals surface area (Å²) in [6.07, 6.45) is 4.77. The van der Waals surface area contributed by atoms with Crippen LogP contribution in [0.4, 0.5) is 5.82 Å². The third-order valence-electron chi connectivity index (χ3n) is 7.82. The Labute approximate surface area is 238 Å². The molecule has 3 atom stereocenters. The van der Waals surface area contributed by atoms with Gasteiger partial charge in [-0.2, -0.15) is 5.10 Å². The lowest BCUT2D eigenvalue weighted by atomic mass is 10.0. The Morgan fingerprint density at radius 3 is 2.55 bits per heavy atom. The van der Waals surface area contributed by atoms with Crippen LogP contribution in [-0.2, 0) is 16.1 Å². The number of fused-ring (bicyclic) bond motifs is 2. The van der Waals surface area contributed by atoms with Crippen LogP contribution in [0, 0.1) is 19.3 Å². The first-order valence-corrected chi connectivity index (χ1v) is 13.8. The van der Waals surface area contributed by atoms with E-state index >= 15 is 0 Å². The van der Waals surface area contributed by atoms with E-state index in [1.54, 1.807) is 36.4 Å². The van der Waals surface area contributed by atoms with Gasteiger partial charge in [0.15, 0.2) is 11.5 Å². The van der Waals surface area contributed by atoms with E-state index in [9.17, 15) is 14.4 Å². The van der Waals surface area contributed by atoms with Gasteiger partial charge in [-0.15, -0.1) is 0 Å². The molecule has 12 heteroatoms. The molecule has 2 aliphatic rings. The number of Topliss-reactive ketones (excluding diaryl/α,β-unsaturated/α-hetero) is 1. The lowest BCUT2D eigenvalue weighted by molar-refractivity contribution is -0.138. The number of rotatable bonds is 6. The van der Waals surface area contributed by atoms with Crippen molar-refractivity contribution in [1.29, 1.82) is 0 Å². The van der Waals surface area contributed by atoms with Crippen LogP contribution in [0.25, 0.3) is 22.3 Å². The fourth-order valence-electron chi connectivity index (χ4n) is 5.50. The molecule has 6 rings (SSSR count). The molecule has 2 amide bonds. The largest absolute Gasteiger partial charge is 0.325 e. The van der Waals surface area contributed by atoms with Gasteiger partial charge < -0.3 is 10.2 Å². The Morgan fingerprint density at radius 2 is 1.82 bits per heavy atom. The van der Waals surface area contributed by atoms with Crippen molar-refractivity contribution in [1.82, 2.24) is 34.6 Å². The van der Waals surface area contributed by atoms with Gasteiger partial charge in [-0.05, 0) is 71.8 Å². The highest BCUT2D eigenvalue weighted by Gasteiger charge is 2.64. The molecule has 40 heavy (non-hydrogen) atoms. The van der Waals surface area contributed by atoms with Gasteiger partial charge in [-0.3, -0.25) is 19.1 Å². The van der Waals surface area contributed by atoms with Gasteiger partial charge in [0.25, 0.3) is 0 Å². The lowest BCUT2D eigenvalue weighted by Crippen LogP contribution is -2.47. The molecule has 1 aliphatic carbocycles. The summed E-state index contributed by atoms with van der Waals surface area (Å²) in [6.45, 7) is 7.07. The number of pyridine rings is 2. The molecule has 1 N–H and O–H groups in total. The van der Waals surface area contributed by atoms with Crippen molar-refractivity contribution < 1.29 is 14.4 Å². The smallest absolute Gasteiger partial charge is 0.248 e. The predicted molar refractivity (Wildman–Crippen MR) is 150 cm³/mol. The van der Waals surface area contributed by atoms with Crippen LogP contribution in [0.5, 0.6) is 0 Å². The molecule has 1 aliphatic heterocycles. The number of hydrogen-bond donors (Lipinski definition) is 1. The fourth-order valence-corrected chi connectivity index (χ4v) is 5.81. The van der Waals surface area contributed by atoms with Crippen LogP contribution in [-0.4, -0.2) is 64.3 Å². The molecule has 1 saturated carbocycles. The van der Waals surface area contributed by atoms with E-state index in [2.05, 4.69) is 53.2 Å². The van der Waals surface area contributed by atoms with E-state index in [1.807, 2.05) is 19.1 Å². The summed E-state index contributed by atoms with van der Waals surface area (Å²) in [5.74, 6) is 0.343. The minimum absolute atomic E-state index is 0.0207. The van der Waals surface area contributed by atoms with Crippen molar-refractivity contribution >= 4 is 50.4 Å². The van der Waals surface area contributed by atoms with E-state index < -0.39 is 6.04 Å². The van der Waals surface area contributed by atoms with E-state index in [0.29, 0.717) is 45.0 Å². The Balaban J connectivity index is 1.29.